The van der Waals surface area contributed by atoms with Gasteiger partial charge >= 0.3 is 0 Å². The Bertz CT molecular complexity index is 441. The molecule has 1 saturated heterocycles. The fourth-order valence-corrected chi connectivity index (χ4v) is 2.28. The summed E-state index contributed by atoms with van der Waals surface area (Å²) in [5.41, 5.74) is 6.63. The van der Waals surface area contributed by atoms with Gasteiger partial charge < -0.3 is 15.8 Å². The zero-order valence-electron chi connectivity index (χ0n) is 12.1. The maximum absolute atomic E-state index is 6.04. The Balaban J connectivity index is 1.98. The van der Waals surface area contributed by atoms with Crippen molar-refractivity contribution in [1.29, 1.82) is 0 Å². The van der Waals surface area contributed by atoms with Crippen molar-refractivity contribution >= 4 is 12.2 Å². The first-order valence-corrected chi connectivity index (χ1v) is 6.98. The average molecular weight is 277 g/mol. The first kappa shape index (κ1) is 14.7. The average Bonchev–Trinajstić information content (AvgIpc) is 2.87. The van der Waals surface area contributed by atoms with Crippen LogP contribution in [0.1, 0.15) is 26.7 Å². The van der Waals surface area contributed by atoms with Gasteiger partial charge in [0.2, 0.25) is 0 Å². The highest BCUT2D eigenvalue weighted by atomic mass is 16.5. The predicted octanol–water partition coefficient (Wildman–Crippen LogP) is 1.18. The van der Waals surface area contributed by atoms with Crippen LogP contribution in [-0.2, 0) is 4.74 Å². The molecule has 0 aromatic heterocycles. The molecular weight excluding hydrogens is 254 g/mol. The minimum atomic E-state index is -0.0922. The van der Waals surface area contributed by atoms with Gasteiger partial charge in [-0.05, 0) is 18.9 Å². The summed E-state index contributed by atoms with van der Waals surface area (Å²) < 4.78 is 6.04. The molecule has 2 rings (SSSR count). The molecule has 0 radical (unpaired) electrons. The molecule has 110 valence electrons. The molecule has 2 heterocycles. The predicted molar refractivity (Wildman–Crippen MR) is 81.3 cm³/mol. The van der Waals surface area contributed by atoms with E-state index in [1.165, 1.54) is 6.34 Å². The number of hydrogen-bond donors (Lipinski definition) is 2. The van der Waals surface area contributed by atoms with E-state index in [0.717, 1.165) is 25.1 Å². The van der Waals surface area contributed by atoms with E-state index in [2.05, 4.69) is 35.8 Å². The fraction of sp³-hybridized carbons (Fsp3) is 0.571. The van der Waals surface area contributed by atoms with Gasteiger partial charge in [-0.25, -0.2) is 10.0 Å². The molecule has 3 N–H and O–H groups in total. The minimum absolute atomic E-state index is 0.0922. The smallest absolute Gasteiger partial charge is 0.151 e. The second-order valence-corrected chi connectivity index (χ2v) is 5.23. The Morgan fingerprint density at radius 1 is 1.60 bits per heavy atom. The molecule has 20 heavy (non-hydrogen) atoms. The number of nitrogens with two attached hydrogens (primary N) is 1. The number of amidine groups is 1. The van der Waals surface area contributed by atoms with Crippen LogP contribution in [0.25, 0.3) is 0 Å². The van der Waals surface area contributed by atoms with Gasteiger partial charge in [0.05, 0.1) is 6.10 Å². The highest BCUT2D eigenvalue weighted by Gasteiger charge is 2.32. The second kappa shape index (κ2) is 6.67. The molecule has 0 saturated carbocycles. The second-order valence-electron chi connectivity index (χ2n) is 5.23. The van der Waals surface area contributed by atoms with Crippen molar-refractivity contribution in [2.24, 2.45) is 15.8 Å². The molecular formula is C14H23N5O. The molecule has 0 spiro atoms. The lowest BCUT2D eigenvalue weighted by Gasteiger charge is -2.29. The summed E-state index contributed by atoms with van der Waals surface area (Å²) in [4.78, 5) is 4.01. The third kappa shape index (κ3) is 3.46. The van der Waals surface area contributed by atoms with Gasteiger partial charge in [-0.3, -0.25) is 0 Å². The van der Waals surface area contributed by atoms with Crippen LogP contribution in [0.3, 0.4) is 0 Å². The molecule has 0 aromatic carbocycles. The Kier molecular flexibility index (Phi) is 4.92. The summed E-state index contributed by atoms with van der Waals surface area (Å²) in [5, 5.41) is 9.46. The monoisotopic (exact) mass is 277 g/mol. The van der Waals surface area contributed by atoms with Crippen LogP contribution in [0.5, 0.6) is 0 Å². The van der Waals surface area contributed by atoms with E-state index in [4.69, 9.17) is 10.5 Å². The number of rotatable bonds is 5. The molecule has 2 atom stereocenters. The largest absolute Gasteiger partial charge is 0.382 e. The van der Waals surface area contributed by atoms with Crippen LogP contribution in [0.4, 0.5) is 0 Å². The van der Waals surface area contributed by atoms with E-state index in [1.54, 1.807) is 17.2 Å². The Morgan fingerprint density at radius 2 is 2.40 bits per heavy atom. The van der Waals surface area contributed by atoms with Gasteiger partial charge in [-0.2, -0.15) is 5.10 Å². The first-order chi connectivity index (χ1) is 9.61. The number of aliphatic imine (C=N–C) groups is 1. The van der Waals surface area contributed by atoms with Gasteiger partial charge in [0.25, 0.3) is 0 Å². The van der Waals surface area contributed by atoms with Gasteiger partial charge in [-0.1, -0.05) is 26.5 Å². The number of nitrogens with zero attached hydrogens (tertiary/aromatic N) is 3. The lowest BCUT2D eigenvalue weighted by atomic mass is 10.2. The van der Waals surface area contributed by atoms with E-state index in [1.807, 2.05) is 0 Å². The van der Waals surface area contributed by atoms with E-state index in [-0.39, 0.29) is 12.3 Å². The number of hydrogen-bond acceptors (Lipinski definition) is 6. The normalized spacial score (nSPS) is 28.2. The minimum Gasteiger partial charge on any atom is -0.382 e. The van der Waals surface area contributed by atoms with Crippen molar-refractivity contribution in [2.75, 3.05) is 6.54 Å². The fourth-order valence-electron chi connectivity index (χ4n) is 2.28. The Hall–Kier alpha value is -1.66. The van der Waals surface area contributed by atoms with Crippen molar-refractivity contribution < 1.29 is 4.74 Å². The molecule has 2 aliphatic rings. The SMILES string of the molecule is C=C/C=C1/C(N)=NC=NN1C1CCC(CNC(C)C)O1. The lowest BCUT2D eigenvalue weighted by Crippen LogP contribution is -2.39. The first-order valence-electron chi connectivity index (χ1n) is 6.98. The number of ether oxygens (including phenoxy) is 1. The van der Waals surface area contributed by atoms with Crippen molar-refractivity contribution in [3.05, 3.63) is 24.4 Å². The zero-order chi connectivity index (χ0) is 14.5. The summed E-state index contributed by atoms with van der Waals surface area (Å²) in [7, 11) is 0. The topological polar surface area (TPSA) is 75.2 Å². The van der Waals surface area contributed by atoms with Crippen molar-refractivity contribution in [2.45, 2.75) is 45.1 Å². The third-order valence-corrected chi connectivity index (χ3v) is 3.27. The number of nitrogens with one attached hydrogen (secondary N) is 1. The van der Waals surface area contributed by atoms with Gasteiger partial charge in [-0.15, -0.1) is 0 Å². The van der Waals surface area contributed by atoms with Crippen LogP contribution < -0.4 is 11.1 Å². The Morgan fingerprint density at radius 3 is 3.10 bits per heavy atom. The van der Waals surface area contributed by atoms with Gasteiger partial charge in [0, 0.05) is 12.6 Å². The lowest BCUT2D eigenvalue weighted by molar-refractivity contribution is -0.0351. The summed E-state index contributed by atoms with van der Waals surface area (Å²) in [6.45, 7) is 8.81. The van der Waals surface area contributed by atoms with E-state index < -0.39 is 0 Å². The van der Waals surface area contributed by atoms with Crippen molar-refractivity contribution in [3.63, 3.8) is 0 Å². The molecule has 6 nitrogen and oxygen atoms in total. The summed E-state index contributed by atoms with van der Waals surface area (Å²) >= 11 is 0. The van der Waals surface area contributed by atoms with Crippen LogP contribution in [0, 0.1) is 0 Å². The third-order valence-electron chi connectivity index (χ3n) is 3.27. The summed E-state index contributed by atoms with van der Waals surface area (Å²) in [6.07, 6.45) is 6.99. The van der Waals surface area contributed by atoms with Crippen LogP contribution in [0.15, 0.2) is 34.5 Å². The van der Waals surface area contributed by atoms with Crippen molar-refractivity contribution in [3.8, 4) is 0 Å². The molecule has 2 aliphatic heterocycles. The standard InChI is InChI=1S/C14H23N5O/c1-4-5-12-14(15)17-9-18-19(12)13-7-6-11(20-13)8-16-10(2)3/h4-5,9-11,13,16H,1,6-8H2,2-3H3,(H2,15,17,18)/b12-5-. The molecule has 0 amide bonds. The summed E-state index contributed by atoms with van der Waals surface area (Å²) in [6, 6.07) is 0.463. The molecule has 2 unspecified atom stereocenters. The quantitative estimate of drug-likeness (QED) is 0.791. The van der Waals surface area contributed by atoms with Crippen LogP contribution >= 0.6 is 0 Å². The molecule has 1 fully saturated rings. The highest BCUT2D eigenvalue weighted by molar-refractivity contribution is 6.01. The molecule has 6 heteroatoms. The Labute approximate surface area is 120 Å². The van der Waals surface area contributed by atoms with E-state index in [0.29, 0.717) is 11.9 Å². The maximum Gasteiger partial charge on any atom is 0.151 e. The van der Waals surface area contributed by atoms with E-state index in [9.17, 15) is 0 Å². The maximum atomic E-state index is 6.04. The highest BCUT2D eigenvalue weighted by Crippen LogP contribution is 2.26. The van der Waals surface area contributed by atoms with Gasteiger partial charge in [0.1, 0.15) is 12.0 Å². The number of allylic oxidation sites excluding steroid dienone is 2. The van der Waals surface area contributed by atoms with E-state index >= 15 is 0 Å². The molecule has 0 bridgehead atoms. The zero-order valence-corrected chi connectivity index (χ0v) is 12.1. The molecule has 0 aromatic rings. The van der Waals surface area contributed by atoms with Crippen LogP contribution in [-0.4, -0.2) is 42.1 Å². The summed E-state index contributed by atoms with van der Waals surface area (Å²) in [5.74, 6) is 0.437. The molecule has 0 aliphatic carbocycles. The van der Waals surface area contributed by atoms with Crippen LogP contribution in [0.2, 0.25) is 0 Å². The number of hydrazone groups is 1. The van der Waals surface area contributed by atoms with Gasteiger partial charge in [0.15, 0.2) is 12.1 Å². The van der Waals surface area contributed by atoms with Crippen molar-refractivity contribution in [1.82, 2.24) is 10.3 Å².